The zero-order valence-electron chi connectivity index (χ0n) is 19.8. The average molecular weight is 462 g/mol. The van der Waals surface area contributed by atoms with Crippen molar-refractivity contribution in [3.05, 3.63) is 70.8 Å². The fourth-order valence-electron chi connectivity index (χ4n) is 5.05. The third kappa shape index (κ3) is 4.20. The van der Waals surface area contributed by atoms with Crippen LogP contribution in [0.25, 0.3) is 0 Å². The maximum atomic E-state index is 13.8. The second-order valence-corrected chi connectivity index (χ2v) is 9.71. The number of carbonyl (C=O) groups is 3. The van der Waals surface area contributed by atoms with Crippen LogP contribution in [0.15, 0.2) is 48.5 Å². The number of amides is 3. The highest BCUT2D eigenvalue weighted by atomic mass is 16.5. The molecular weight excluding hydrogens is 430 g/mol. The Morgan fingerprint density at radius 2 is 1.71 bits per heavy atom. The minimum Gasteiger partial charge on any atom is -0.353 e. The Morgan fingerprint density at radius 1 is 0.971 bits per heavy atom. The first-order valence-electron chi connectivity index (χ1n) is 12.1. The van der Waals surface area contributed by atoms with E-state index in [1.807, 2.05) is 61.2 Å². The van der Waals surface area contributed by atoms with Gasteiger partial charge in [-0.25, -0.2) is 0 Å². The molecule has 7 heteroatoms. The molecular formula is C27H31N3O4. The molecule has 3 amide bonds. The van der Waals surface area contributed by atoms with E-state index in [4.69, 9.17) is 4.74 Å². The molecule has 34 heavy (non-hydrogen) atoms. The summed E-state index contributed by atoms with van der Waals surface area (Å²) in [7, 11) is 0. The Bertz CT molecular complexity index is 1120. The van der Waals surface area contributed by atoms with E-state index in [1.165, 1.54) is 0 Å². The van der Waals surface area contributed by atoms with E-state index in [2.05, 4.69) is 5.32 Å². The van der Waals surface area contributed by atoms with Crippen LogP contribution in [0.2, 0.25) is 0 Å². The maximum absolute atomic E-state index is 13.8. The molecule has 1 aliphatic carbocycles. The molecule has 0 aromatic heterocycles. The van der Waals surface area contributed by atoms with Gasteiger partial charge in [0.15, 0.2) is 0 Å². The van der Waals surface area contributed by atoms with Crippen LogP contribution in [0.4, 0.5) is 0 Å². The molecule has 2 heterocycles. The van der Waals surface area contributed by atoms with E-state index in [9.17, 15) is 14.4 Å². The Kier molecular flexibility index (Phi) is 5.90. The topological polar surface area (TPSA) is 79.0 Å². The predicted octanol–water partition coefficient (Wildman–Crippen LogP) is 3.06. The van der Waals surface area contributed by atoms with E-state index in [0.29, 0.717) is 37.1 Å². The SMILES string of the molecule is Cc1cccc(C(=O)N2[C@@H](C(=O)NC3CC3)COC23CCN(C(=O)c2ccccc2C)CC3)c1. The molecule has 2 aromatic rings. The molecule has 2 aromatic carbocycles. The molecule has 1 saturated carbocycles. The number of likely N-dealkylation sites (tertiary alicyclic amines) is 1. The first-order chi connectivity index (χ1) is 16.4. The second-order valence-electron chi connectivity index (χ2n) is 9.71. The van der Waals surface area contributed by atoms with Crippen molar-refractivity contribution in [3.8, 4) is 0 Å². The fraction of sp³-hybridized carbons (Fsp3) is 0.444. The van der Waals surface area contributed by atoms with Crippen molar-refractivity contribution in [1.29, 1.82) is 0 Å². The number of ether oxygens (including phenoxy) is 1. The van der Waals surface area contributed by atoms with E-state index >= 15 is 0 Å². The number of aryl methyl sites for hydroxylation is 2. The summed E-state index contributed by atoms with van der Waals surface area (Å²) >= 11 is 0. The average Bonchev–Trinajstić information content (AvgIpc) is 3.58. The van der Waals surface area contributed by atoms with Crippen molar-refractivity contribution in [2.24, 2.45) is 0 Å². The zero-order chi connectivity index (χ0) is 23.9. The van der Waals surface area contributed by atoms with E-state index in [1.54, 1.807) is 11.0 Å². The van der Waals surface area contributed by atoms with Gasteiger partial charge in [0.25, 0.3) is 11.8 Å². The summed E-state index contributed by atoms with van der Waals surface area (Å²) < 4.78 is 6.27. The highest BCUT2D eigenvalue weighted by Crippen LogP contribution is 2.39. The van der Waals surface area contributed by atoms with Crippen molar-refractivity contribution in [3.63, 3.8) is 0 Å². The number of piperidine rings is 1. The maximum Gasteiger partial charge on any atom is 0.256 e. The second kappa shape index (κ2) is 8.87. The molecule has 5 rings (SSSR count). The Hall–Kier alpha value is -3.19. The first-order valence-corrected chi connectivity index (χ1v) is 12.1. The van der Waals surface area contributed by atoms with E-state index < -0.39 is 11.8 Å². The fourth-order valence-corrected chi connectivity index (χ4v) is 5.05. The summed E-state index contributed by atoms with van der Waals surface area (Å²) in [6.45, 7) is 4.97. The number of hydrogen-bond acceptors (Lipinski definition) is 4. The lowest BCUT2D eigenvalue weighted by Crippen LogP contribution is -2.60. The number of nitrogens with one attached hydrogen (secondary N) is 1. The van der Waals surface area contributed by atoms with Gasteiger partial charge in [-0.2, -0.15) is 0 Å². The highest BCUT2D eigenvalue weighted by Gasteiger charge is 2.54. The van der Waals surface area contributed by atoms with Gasteiger partial charge in [0.2, 0.25) is 5.91 Å². The van der Waals surface area contributed by atoms with Gasteiger partial charge in [-0.15, -0.1) is 0 Å². The van der Waals surface area contributed by atoms with Gasteiger partial charge in [0.05, 0.1) is 6.61 Å². The third-order valence-corrected chi connectivity index (χ3v) is 7.18. The normalized spacial score (nSPS) is 21.5. The molecule has 0 unspecified atom stereocenters. The molecule has 3 fully saturated rings. The summed E-state index contributed by atoms with van der Waals surface area (Å²) in [5, 5.41) is 3.04. The van der Waals surface area contributed by atoms with Crippen LogP contribution in [0, 0.1) is 13.8 Å². The van der Waals surface area contributed by atoms with Gasteiger partial charge >= 0.3 is 0 Å². The summed E-state index contributed by atoms with van der Waals surface area (Å²) in [4.78, 5) is 43.5. The summed E-state index contributed by atoms with van der Waals surface area (Å²) in [5.74, 6) is -0.361. The number of carbonyl (C=O) groups excluding carboxylic acids is 3. The Balaban J connectivity index is 1.39. The van der Waals surface area contributed by atoms with Crippen molar-refractivity contribution >= 4 is 17.7 Å². The standard InChI is InChI=1S/C27H31N3O4/c1-18-6-5-8-20(16-18)25(32)30-23(24(31)28-21-10-11-21)17-34-27(30)12-14-29(15-13-27)26(33)22-9-4-3-7-19(22)2/h3-9,16,21,23H,10-15,17H2,1-2H3,(H,28,31)/t23-/m1/s1. The van der Waals surface area contributed by atoms with E-state index in [-0.39, 0.29) is 30.4 Å². The lowest BCUT2D eigenvalue weighted by molar-refractivity contribution is -0.128. The molecule has 178 valence electrons. The van der Waals surface area contributed by atoms with Crippen LogP contribution in [0.5, 0.6) is 0 Å². The largest absolute Gasteiger partial charge is 0.353 e. The van der Waals surface area contributed by atoms with Crippen LogP contribution < -0.4 is 5.32 Å². The van der Waals surface area contributed by atoms with Gasteiger partial charge < -0.3 is 15.0 Å². The number of hydrogen-bond donors (Lipinski definition) is 1. The minimum atomic E-state index is -0.894. The third-order valence-electron chi connectivity index (χ3n) is 7.18. The predicted molar refractivity (Wildman–Crippen MR) is 127 cm³/mol. The van der Waals surface area contributed by atoms with Crippen molar-refractivity contribution in [2.45, 2.75) is 57.3 Å². The molecule has 3 aliphatic rings. The van der Waals surface area contributed by atoms with Gasteiger partial charge in [0.1, 0.15) is 11.8 Å². The lowest BCUT2D eigenvalue weighted by atomic mass is 9.95. The summed E-state index contributed by atoms with van der Waals surface area (Å²) in [6.07, 6.45) is 2.89. The van der Waals surface area contributed by atoms with Gasteiger partial charge in [-0.05, 0) is 50.5 Å². The van der Waals surface area contributed by atoms with E-state index in [0.717, 1.165) is 24.0 Å². The molecule has 0 bridgehead atoms. The molecule has 1 spiro atoms. The van der Waals surface area contributed by atoms with Crippen LogP contribution in [-0.2, 0) is 9.53 Å². The summed E-state index contributed by atoms with van der Waals surface area (Å²) in [6, 6.07) is 14.5. The van der Waals surface area contributed by atoms with Crippen LogP contribution in [-0.4, -0.2) is 65.0 Å². The molecule has 1 N–H and O–H groups in total. The first kappa shape index (κ1) is 22.6. The molecule has 0 radical (unpaired) electrons. The smallest absolute Gasteiger partial charge is 0.256 e. The Morgan fingerprint density at radius 3 is 2.38 bits per heavy atom. The van der Waals surface area contributed by atoms with Crippen molar-refractivity contribution in [2.75, 3.05) is 19.7 Å². The van der Waals surface area contributed by atoms with Gasteiger partial charge in [-0.3, -0.25) is 19.3 Å². The molecule has 1 atom stereocenters. The minimum absolute atomic E-state index is 0.00876. The van der Waals surface area contributed by atoms with Crippen molar-refractivity contribution < 1.29 is 19.1 Å². The van der Waals surface area contributed by atoms with Crippen molar-refractivity contribution in [1.82, 2.24) is 15.1 Å². The van der Waals surface area contributed by atoms with Crippen LogP contribution in [0.3, 0.4) is 0 Å². The number of nitrogens with zero attached hydrogens (tertiary/aromatic N) is 2. The van der Waals surface area contributed by atoms with Crippen LogP contribution >= 0.6 is 0 Å². The van der Waals surface area contributed by atoms with Crippen LogP contribution in [0.1, 0.15) is 57.5 Å². The molecule has 2 saturated heterocycles. The number of benzene rings is 2. The monoisotopic (exact) mass is 461 g/mol. The molecule has 7 nitrogen and oxygen atoms in total. The van der Waals surface area contributed by atoms with Gasteiger partial charge in [-0.1, -0.05) is 35.9 Å². The number of rotatable bonds is 4. The highest BCUT2D eigenvalue weighted by molar-refractivity contribution is 5.99. The Labute approximate surface area is 200 Å². The quantitative estimate of drug-likeness (QED) is 0.759. The van der Waals surface area contributed by atoms with Gasteiger partial charge in [0, 0.05) is 43.1 Å². The lowest BCUT2D eigenvalue weighted by Gasteiger charge is -2.44. The zero-order valence-corrected chi connectivity index (χ0v) is 19.8. The summed E-state index contributed by atoms with van der Waals surface area (Å²) in [5.41, 5.74) is 2.28. The molecule has 2 aliphatic heterocycles.